The van der Waals surface area contributed by atoms with E-state index in [0.29, 0.717) is 6.61 Å². The third-order valence-electron chi connectivity index (χ3n) is 3.54. The molecule has 2 atom stereocenters. The Kier molecular flexibility index (Phi) is 3.61. The standard InChI is InChI=1S/C17H19NO2/c1-12-9-16(18)15-10-14(7-8-17(15)20-12)19-11-13-5-3-2-4-6-13/h2-8,10,12,16H,9,11,18H2,1H3. The van der Waals surface area contributed by atoms with Crippen LogP contribution in [0.4, 0.5) is 0 Å². The van der Waals surface area contributed by atoms with Crippen LogP contribution in [-0.4, -0.2) is 6.10 Å². The maximum atomic E-state index is 6.18. The number of hydrogen-bond donors (Lipinski definition) is 1. The fourth-order valence-corrected chi connectivity index (χ4v) is 2.50. The maximum Gasteiger partial charge on any atom is 0.124 e. The molecule has 0 aliphatic carbocycles. The molecule has 0 aromatic heterocycles. The van der Waals surface area contributed by atoms with E-state index in [2.05, 4.69) is 12.1 Å². The van der Waals surface area contributed by atoms with Gasteiger partial charge in [0.2, 0.25) is 0 Å². The van der Waals surface area contributed by atoms with Crippen LogP contribution in [0.3, 0.4) is 0 Å². The Labute approximate surface area is 119 Å². The number of fused-ring (bicyclic) bond motifs is 1. The van der Waals surface area contributed by atoms with E-state index in [1.165, 1.54) is 0 Å². The monoisotopic (exact) mass is 269 g/mol. The first kappa shape index (κ1) is 13.0. The van der Waals surface area contributed by atoms with Gasteiger partial charge in [-0.15, -0.1) is 0 Å². The fraction of sp³-hybridized carbons (Fsp3) is 0.294. The molecule has 1 aliphatic rings. The predicted octanol–water partition coefficient (Wildman–Crippen LogP) is 3.44. The summed E-state index contributed by atoms with van der Waals surface area (Å²) in [6.07, 6.45) is 1.02. The zero-order valence-electron chi connectivity index (χ0n) is 11.6. The molecule has 0 bridgehead atoms. The van der Waals surface area contributed by atoms with Gasteiger partial charge in [-0.05, 0) is 30.7 Å². The average molecular weight is 269 g/mol. The Hall–Kier alpha value is -2.00. The number of hydrogen-bond acceptors (Lipinski definition) is 3. The van der Waals surface area contributed by atoms with E-state index in [4.69, 9.17) is 15.2 Å². The highest BCUT2D eigenvalue weighted by Gasteiger charge is 2.23. The Bertz CT molecular complexity index is 583. The molecule has 0 amide bonds. The van der Waals surface area contributed by atoms with Gasteiger partial charge in [-0.1, -0.05) is 30.3 Å². The number of ether oxygens (including phenoxy) is 2. The third kappa shape index (κ3) is 2.78. The molecule has 2 unspecified atom stereocenters. The summed E-state index contributed by atoms with van der Waals surface area (Å²) in [6, 6.07) is 16.0. The molecule has 3 nitrogen and oxygen atoms in total. The summed E-state index contributed by atoms with van der Waals surface area (Å²) in [7, 11) is 0. The van der Waals surface area contributed by atoms with Crippen molar-refractivity contribution in [2.45, 2.75) is 32.1 Å². The first-order chi connectivity index (χ1) is 9.72. The normalized spacial score (nSPS) is 20.9. The van der Waals surface area contributed by atoms with Crippen LogP contribution in [0.5, 0.6) is 11.5 Å². The molecule has 1 heterocycles. The molecule has 1 aliphatic heterocycles. The summed E-state index contributed by atoms with van der Waals surface area (Å²) in [4.78, 5) is 0. The van der Waals surface area contributed by atoms with Crippen molar-refractivity contribution in [3.63, 3.8) is 0 Å². The topological polar surface area (TPSA) is 44.5 Å². The van der Waals surface area contributed by atoms with Crippen molar-refractivity contribution >= 4 is 0 Å². The van der Waals surface area contributed by atoms with Crippen LogP contribution in [0, 0.1) is 0 Å². The Balaban J connectivity index is 1.74. The van der Waals surface area contributed by atoms with Crippen molar-refractivity contribution in [2.24, 2.45) is 5.73 Å². The molecule has 0 saturated carbocycles. The highest BCUT2D eigenvalue weighted by atomic mass is 16.5. The second kappa shape index (κ2) is 5.55. The van der Waals surface area contributed by atoms with Gasteiger partial charge in [0.25, 0.3) is 0 Å². The molecule has 0 fully saturated rings. The number of benzene rings is 2. The van der Waals surface area contributed by atoms with Crippen molar-refractivity contribution in [3.8, 4) is 11.5 Å². The first-order valence-electron chi connectivity index (χ1n) is 6.95. The minimum absolute atomic E-state index is 0.0222. The van der Waals surface area contributed by atoms with Crippen LogP contribution in [-0.2, 0) is 6.61 Å². The molecule has 3 heteroatoms. The smallest absolute Gasteiger partial charge is 0.124 e. The predicted molar refractivity (Wildman–Crippen MR) is 78.9 cm³/mol. The molecule has 104 valence electrons. The minimum Gasteiger partial charge on any atom is -0.490 e. The Morgan fingerprint density at radius 3 is 2.80 bits per heavy atom. The van der Waals surface area contributed by atoms with E-state index in [9.17, 15) is 0 Å². The van der Waals surface area contributed by atoms with Crippen LogP contribution >= 0.6 is 0 Å². The summed E-state index contributed by atoms with van der Waals surface area (Å²) >= 11 is 0. The molecule has 0 saturated heterocycles. The summed E-state index contributed by atoms with van der Waals surface area (Å²) in [5, 5.41) is 0. The van der Waals surface area contributed by atoms with Crippen LogP contribution in [0.25, 0.3) is 0 Å². The third-order valence-corrected chi connectivity index (χ3v) is 3.54. The van der Waals surface area contributed by atoms with Gasteiger partial charge in [-0.3, -0.25) is 0 Å². The fourth-order valence-electron chi connectivity index (χ4n) is 2.50. The highest BCUT2D eigenvalue weighted by molar-refractivity contribution is 5.43. The minimum atomic E-state index is 0.0222. The molecule has 20 heavy (non-hydrogen) atoms. The van der Waals surface area contributed by atoms with Crippen LogP contribution in [0.2, 0.25) is 0 Å². The molecule has 3 rings (SSSR count). The van der Waals surface area contributed by atoms with Crippen molar-refractivity contribution in [3.05, 3.63) is 59.7 Å². The van der Waals surface area contributed by atoms with Crippen LogP contribution in [0.15, 0.2) is 48.5 Å². The van der Waals surface area contributed by atoms with Gasteiger partial charge < -0.3 is 15.2 Å². The lowest BCUT2D eigenvalue weighted by Crippen LogP contribution is -2.27. The maximum absolute atomic E-state index is 6.18. The highest BCUT2D eigenvalue weighted by Crippen LogP contribution is 2.35. The molecular formula is C17H19NO2. The lowest BCUT2D eigenvalue weighted by molar-refractivity contribution is 0.176. The molecular weight excluding hydrogens is 250 g/mol. The van der Waals surface area contributed by atoms with Gasteiger partial charge in [0, 0.05) is 18.0 Å². The molecule has 2 aromatic rings. The first-order valence-corrected chi connectivity index (χ1v) is 6.95. The summed E-state index contributed by atoms with van der Waals surface area (Å²) in [5.41, 5.74) is 8.37. The molecule has 2 aromatic carbocycles. The van der Waals surface area contributed by atoms with Gasteiger partial charge >= 0.3 is 0 Å². The summed E-state index contributed by atoms with van der Waals surface area (Å²) in [6.45, 7) is 2.61. The van der Waals surface area contributed by atoms with Crippen molar-refractivity contribution in [1.29, 1.82) is 0 Å². The second-order valence-corrected chi connectivity index (χ2v) is 5.24. The number of rotatable bonds is 3. The Morgan fingerprint density at radius 2 is 2.00 bits per heavy atom. The van der Waals surface area contributed by atoms with Gasteiger partial charge in [0.05, 0.1) is 6.10 Å². The molecule has 0 radical (unpaired) electrons. The number of nitrogens with two attached hydrogens (primary N) is 1. The summed E-state index contributed by atoms with van der Waals surface area (Å²) in [5.74, 6) is 1.71. The lowest BCUT2D eigenvalue weighted by atomic mass is 9.98. The van der Waals surface area contributed by atoms with E-state index < -0.39 is 0 Å². The molecule has 2 N–H and O–H groups in total. The largest absolute Gasteiger partial charge is 0.490 e. The molecule has 0 spiro atoms. The van der Waals surface area contributed by atoms with Gasteiger partial charge in [-0.2, -0.15) is 0 Å². The van der Waals surface area contributed by atoms with Crippen molar-refractivity contribution in [1.82, 2.24) is 0 Å². The van der Waals surface area contributed by atoms with Crippen molar-refractivity contribution < 1.29 is 9.47 Å². The van der Waals surface area contributed by atoms with Crippen LogP contribution in [0.1, 0.15) is 30.5 Å². The zero-order valence-corrected chi connectivity index (χ0v) is 11.6. The quantitative estimate of drug-likeness (QED) is 0.928. The zero-order chi connectivity index (χ0) is 13.9. The van der Waals surface area contributed by atoms with Crippen LogP contribution < -0.4 is 15.2 Å². The van der Waals surface area contributed by atoms with Gasteiger partial charge in [-0.25, -0.2) is 0 Å². The average Bonchev–Trinajstić information content (AvgIpc) is 2.46. The van der Waals surface area contributed by atoms with Gasteiger partial charge in [0.15, 0.2) is 0 Å². The van der Waals surface area contributed by atoms with E-state index in [1.54, 1.807) is 0 Å². The van der Waals surface area contributed by atoms with Crippen molar-refractivity contribution in [2.75, 3.05) is 0 Å². The Morgan fingerprint density at radius 1 is 1.20 bits per heavy atom. The van der Waals surface area contributed by atoms with Gasteiger partial charge in [0.1, 0.15) is 18.1 Å². The van der Waals surface area contributed by atoms with E-state index in [1.807, 2.05) is 43.3 Å². The van der Waals surface area contributed by atoms with E-state index in [0.717, 1.165) is 29.0 Å². The second-order valence-electron chi connectivity index (χ2n) is 5.24. The van der Waals surface area contributed by atoms with E-state index >= 15 is 0 Å². The summed E-state index contributed by atoms with van der Waals surface area (Å²) < 4.78 is 11.6. The lowest BCUT2D eigenvalue weighted by Gasteiger charge is -2.28. The van der Waals surface area contributed by atoms with E-state index in [-0.39, 0.29) is 12.1 Å². The SMILES string of the molecule is CC1CC(N)c2cc(OCc3ccccc3)ccc2O1.